The molecule has 2 rings (SSSR count). The second-order valence-electron chi connectivity index (χ2n) is 5.10. The fourth-order valence-corrected chi connectivity index (χ4v) is 2.01. The Balaban J connectivity index is 2.06. The molecule has 1 saturated heterocycles. The number of anilines is 1. The lowest BCUT2D eigenvalue weighted by atomic mass is 10.2. The number of hydroxylamine groups is 1. The van der Waals surface area contributed by atoms with Gasteiger partial charge in [0.25, 0.3) is 0 Å². The van der Waals surface area contributed by atoms with Gasteiger partial charge < -0.3 is 4.74 Å². The van der Waals surface area contributed by atoms with Gasteiger partial charge in [0.2, 0.25) is 0 Å². The number of carbonyl (C=O) groups is 1. The number of nitrogens with zero attached hydrogens (tertiary/aromatic N) is 2. The molecule has 5 nitrogen and oxygen atoms in total. The largest absolute Gasteiger partial charge is 0.458 e. The molecule has 0 radical (unpaired) electrons. The first-order valence-electron chi connectivity index (χ1n) is 6.52. The highest BCUT2D eigenvalue weighted by molar-refractivity contribution is 6.33. The summed E-state index contributed by atoms with van der Waals surface area (Å²) in [6.07, 6.45) is -4.36. The predicted molar refractivity (Wildman–Crippen MR) is 72.3 cm³/mol. The number of carbonyl (C=O) groups excluding carboxylic acids is 1. The molecule has 1 aliphatic heterocycles. The van der Waals surface area contributed by atoms with Gasteiger partial charge in [0.1, 0.15) is 12.7 Å². The van der Waals surface area contributed by atoms with Crippen LogP contribution in [0.3, 0.4) is 0 Å². The van der Waals surface area contributed by atoms with Gasteiger partial charge in [-0.25, -0.2) is 10.0 Å². The molecule has 1 aliphatic rings. The molecule has 0 spiro atoms. The highest BCUT2D eigenvalue weighted by Gasteiger charge is 2.34. The molecular formula is C13H14ClF3N2O3. The van der Waals surface area contributed by atoms with E-state index < -0.39 is 17.8 Å². The molecule has 0 saturated carbocycles. The topological polar surface area (TPSA) is 51.7 Å². The number of hydrogen-bond donors (Lipinski definition) is 0. The van der Waals surface area contributed by atoms with Crippen LogP contribution in [0.4, 0.5) is 19.0 Å². The first-order valence-corrected chi connectivity index (χ1v) is 6.90. The average molecular weight is 339 g/mol. The molecule has 1 fully saturated rings. The van der Waals surface area contributed by atoms with Gasteiger partial charge in [-0.05, 0) is 6.07 Å². The van der Waals surface area contributed by atoms with Crippen molar-refractivity contribution < 1.29 is 27.5 Å². The number of rotatable bonds is 3. The zero-order valence-electron chi connectivity index (χ0n) is 11.9. The monoisotopic (exact) mass is 338 g/mol. The van der Waals surface area contributed by atoms with E-state index in [4.69, 9.17) is 21.2 Å². The highest BCUT2D eigenvalue weighted by Crippen LogP contribution is 2.34. The Labute approximate surface area is 129 Å². The zero-order chi connectivity index (χ0) is 16.5. The highest BCUT2D eigenvalue weighted by atomic mass is 35.5. The molecule has 0 amide bonds. The minimum Gasteiger partial charge on any atom is -0.458 e. The van der Waals surface area contributed by atoms with Crippen molar-refractivity contribution in [3.63, 3.8) is 0 Å². The van der Waals surface area contributed by atoms with Crippen LogP contribution in [-0.4, -0.2) is 30.2 Å². The Kier molecular flexibility index (Phi) is 4.81. The summed E-state index contributed by atoms with van der Waals surface area (Å²) in [7, 11) is 0. The minimum absolute atomic E-state index is 0.0535. The third-order valence-corrected chi connectivity index (χ3v) is 3.20. The van der Waals surface area contributed by atoms with Crippen molar-refractivity contribution in [1.82, 2.24) is 4.98 Å². The predicted octanol–water partition coefficient (Wildman–Crippen LogP) is 3.07. The standard InChI is InChI=1S/C13H14ClF3N2O3/c1-7(2)12(20)22-9-5-19(21-6-9)11-10(14)3-8(4-18-11)13(15,16)17/h3-4,7,9H,5-6H2,1-2H3/t9-/m0/s1. The van der Waals surface area contributed by atoms with Crippen LogP contribution in [0.15, 0.2) is 12.3 Å². The van der Waals surface area contributed by atoms with Crippen molar-refractivity contribution >= 4 is 23.4 Å². The van der Waals surface area contributed by atoms with E-state index in [1.807, 2.05) is 0 Å². The number of esters is 1. The number of aromatic nitrogens is 1. The molecule has 0 bridgehead atoms. The van der Waals surface area contributed by atoms with E-state index in [1.165, 1.54) is 5.06 Å². The second-order valence-corrected chi connectivity index (χ2v) is 5.50. The molecule has 0 aliphatic carbocycles. The van der Waals surface area contributed by atoms with Crippen LogP contribution < -0.4 is 5.06 Å². The number of alkyl halides is 3. The van der Waals surface area contributed by atoms with Crippen LogP contribution in [0.25, 0.3) is 0 Å². The van der Waals surface area contributed by atoms with E-state index in [0.29, 0.717) is 6.20 Å². The fourth-order valence-electron chi connectivity index (χ4n) is 1.75. The Hall–Kier alpha value is -1.54. The van der Waals surface area contributed by atoms with Gasteiger partial charge in [-0.3, -0.25) is 9.63 Å². The summed E-state index contributed by atoms with van der Waals surface area (Å²) in [6, 6.07) is 0.778. The van der Waals surface area contributed by atoms with Crippen molar-refractivity contribution in [3.8, 4) is 0 Å². The lowest BCUT2D eigenvalue weighted by Gasteiger charge is -2.17. The second kappa shape index (κ2) is 6.29. The maximum Gasteiger partial charge on any atom is 0.417 e. The lowest BCUT2D eigenvalue weighted by molar-refractivity contribution is -0.152. The Morgan fingerprint density at radius 3 is 2.77 bits per heavy atom. The molecule has 0 aromatic carbocycles. The van der Waals surface area contributed by atoms with Crippen LogP contribution in [-0.2, 0) is 20.5 Å². The van der Waals surface area contributed by atoms with E-state index in [-0.39, 0.29) is 35.9 Å². The van der Waals surface area contributed by atoms with E-state index in [9.17, 15) is 18.0 Å². The quantitative estimate of drug-likeness (QED) is 0.793. The molecule has 1 atom stereocenters. The Morgan fingerprint density at radius 1 is 1.55 bits per heavy atom. The maximum atomic E-state index is 12.6. The number of ether oxygens (including phenoxy) is 1. The molecule has 122 valence electrons. The van der Waals surface area contributed by atoms with Gasteiger partial charge in [0, 0.05) is 6.20 Å². The molecule has 1 aromatic rings. The number of pyridine rings is 1. The van der Waals surface area contributed by atoms with Crippen molar-refractivity contribution in [3.05, 3.63) is 22.8 Å². The summed E-state index contributed by atoms with van der Waals surface area (Å²) in [5.74, 6) is -0.596. The summed E-state index contributed by atoms with van der Waals surface area (Å²) in [5, 5.41) is 1.03. The van der Waals surface area contributed by atoms with Crippen LogP contribution in [0.1, 0.15) is 19.4 Å². The van der Waals surface area contributed by atoms with Crippen LogP contribution in [0, 0.1) is 5.92 Å². The molecule has 22 heavy (non-hydrogen) atoms. The van der Waals surface area contributed by atoms with Crippen molar-refractivity contribution in [2.24, 2.45) is 5.92 Å². The van der Waals surface area contributed by atoms with Gasteiger partial charge >= 0.3 is 12.1 Å². The van der Waals surface area contributed by atoms with E-state index in [0.717, 1.165) is 6.07 Å². The van der Waals surface area contributed by atoms with Gasteiger partial charge in [-0.15, -0.1) is 0 Å². The van der Waals surface area contributed by atoms with Gasteiger partial charge in [-0.2, -0.15) is 13.2 Å². The Morgan fingerprint density at radius 2 is 2.23 bits per heavy atom. The Bertz CT molecular complexity index is 566. The summed E-state index contributed by atoms with van der Waals surface area (Å²) < 4.78 is 42.9. The molecule has 0 unspecified atom stereocenters. The SMILES string of the molecule is CC(C)C(=O)O[C@@H]1CON(c2ncc(C(F)(F)F)cc2Cl)C1. The fraction of sp³-hybridized carbons (Fsp3) is 0.538. The summed E-state index contributed by atoms with van der Waals surface area (Å²) in [6.45, 7) is 3.64. The van der Waals surface area contributed by atoms with Crippen molar-refractivity contribution in [1.29, 1.82) is 0 Å². The van der Waals surface area contributed by atoms with Crippen molar-refractivity contribution in [2.45, 2.75) is 26.1 Å². The normalized spacial score (nSPS) is 18.9. The molecule has 2 heterocycles. The summed E-state index contributed by atoms with van der Waals surface area (Å²) >= 11 is 5.83. The maximum absolute atomic E-state index is 12.6. The van der Waals surface area contributed by atoms with E-state index in [2.05, 4.69) is 4.98 Å². The van der Waals surface area contributed by atoms with Crippen molar-refractivity contribution in [2.75, 3.05) is 18.2 Å². The third kappa shape index (κ3) is 3.80. The number of halogens is 4. The summed E-state index contributed by atoms with van der Waals surface area (Å²) in [5.41, 5.74) is -0.941. The summed E-state index contributed by atoms with van der Waals surface area (Å²) in [4.78, 5) is 20.5. The first kappa shape index (κ1) is 16.8. The van der Waals surface area contributed by atoms with Crippen LogP contribution in [0.2, 0.25) is 5.02 Å². The first-order chi connectivity index (χ1) is 10.2. The molecule has 1 aromatic heterocycles. The average Bonchev–Trinajstić information content (AvgIpc) is 2.85. The molecule has 9 heteroatoms. The van der Waals surface area contributed by atoms with Crippen LogP contribution >= 0.6 is 11.6 Å². The third-order valence-electron chi connectivity index (χ3n) is 2.93. The lowest BCUT2D eigenvalue weighted by Crippen LogP contribution is -2.27. The number of hydrogen-bond acceptors (Lipinski definition) is 5. The minimum atomic E-state index is -4.52. The zero-order valence-corrected chi connectivity index (χ0v) is 12.6. The van der Waals surface area contributed by atoms with E-state index in [1.54, 1.807) is 13.8 Å². The van der Waals surface area contributed by atoms with Gasteiger partial charge in [0.05, 0.1) is 23.0 Å². The van der Waals surface area contributed by atoms with Gasteiger partial charge in [-0.1, -0.05) is 25.4 Å². The van der Waals surface area contributed by atoms with Crippen LogP contribution in [0.5, 0.6) is 0 Å². The van der Waals surface area contributed by atoms with E-state index >= 15 is 0 Å². The van der Waals surface area contributed by atoms with Gasteiger partial charge in [0.15, 0.2) is 5.82 Å². The smallest absolute Gasteiger partial charge is 0.417 e. The molecule has 0 N–H and O–H groups in total. The molecular weight excluding hydrogens is 325 g/mol.